The van der Waals surface area contributed by atoms with Gasteiger partial charge in [-0.3, -0.25) is 14.4 Å². The first-order chi connectivity index (χ1) is 25.8. The van der Waals surface area contributed by atoms with Crippen LogP contribution in [-0.2, 0) is 9.59 Å². The smallest absolute Gasteiger partial charge is 0.272 e. The van der Waals surface area contributed by atoms with Gasteiger partial charge in [-0.15, -0.1) is 23.1 Å². The highest BCUT2D eigenvalue weighted by molar-refractivity contribution is 8.00. The number of carbonyl (C=O) groups excluding carboxylic acids is 3. The number of hydrogen-bond donors (Lipinski definition) is 3. The molecule has 0 bridgehead atoms. The van der Waals surface area contributed by atoms with Crippen molar-refractivity contribution < 1.29 is 19.1 Å². The van der Waals surface area contributed by atoms with Crippen LogP contribution in [0.3, 0.4) is 0 Å². The van der Waals surface area contributed by atoms with Gasteiger partial charge in [-0.25, -0.2) is 4.98 Å². The molecule has 0 saturated heterocycles. The molecule has 1 aromatic heterocycles. The zero-order chi connectivity index (χ0) is 37.2. The first-order valence-electron chi connectivity index (χ1n) is 16.4. The predicted octanol–water partition coefficient (Wildman–Crippen LogP) is 10.4. The van der Waals surface area contributed by atoms with Crippen LogP contribution in [0.4, 0.5) is 10.8 Å². The van der Waals surface area contributed by atoms with Gasteiger partial charge >= 0.3 is 0 Å². The van der Waals surface area contributed by atoms with Crippen LogP contribution < -0.4 is 20.7 Å². The molecule has 3 N–H and O–H groups in total. The van der Waals surface area contributed by atoms with Gasteiger partial charge in [0, 0.05) is 42.7 Å². The molecule has 1 unspecified atom stereocenters. The van der Waals surface area contributed by atoms with E-state index in [0.29, 0.717) is 43.5 Å². The fraction of sp³-hybridized carbons (Fsp3) is 0.0732. The summed E-state index contributed by atoms with van der Waals surface area (Å²) in [5.41, 5.74) is 3.56. The van der Waals surface area contributed by atoms with Crippen molar-refractivity contribution in [3.8, 4) is 17.0 Å². The molecule has 0 spiro atoms. The van der Waals surface area contributed by atoms with Crippen molar-refractivity contribution in [2.75, 3.05) is 17.2 Å². The first-order valence-corrected chi connectivity index (χ1v) is 18.9. The lowest BCUT2D eigenvalue weighted by Crippen LogP contribution is -2.30. The van der Waals surface area contributed by atoms with Crippen molar-refractivity contribution in [2.24, 2.45) is 0 Å². The number of carbonyl (C=O) groups is 3. The van der Waals surface area contributed by atoms with Crippen molar-refractivity contribution in [1.29, 1.82) is 0 Å². The fourth-order valence-corrected chi connectivity index (χ4v) is 7.45. The molecule has 53 heavy (non-hydrogen) atoms. The largest absolute Gasteiger partial charge is 0.494 e. The van der Waals surface area contributed by atoms with Crippen LogP contribution in [0.2, 0.25) is 10.0 Å². The molecule has 12 heteroatoms. The zero-order valence-electron chi connectivity index (χ0n) is 28.2. The molecule has 0 saturated carbocycles. The summed E-state index contributed by atoms with van der Waals surface area (Å²) in [6.45, 7) is 2.52. The second-order valence-electron chi connectivity index (χ2n) is 11.4. The van der Waals surface area contributed by atoms with Crippen LogP contribution in [0, 0.1) is 0 Å². The van der Waals surface area contributed by atoms with Crippen molar-refractivity contribution in [3.63, 3.8) is 0 Å². The predicted molar refractivity (Wildman–Crippen MR) is 216 cm³/mol. The number of nitrogens with one attached hydrogen (secondary N) is 3. The van der Waals surface area contributed by atoms with Gasteiger partial charge in [0.2, 0.25) is 5.91 Å². The summed E-state index contributed by atoms with van der Waals surface area (Å²) >= 11 is 15.5. The molecule has 0 aliphatic carbocycles. The van der Waals surface area contributed by atoms with E-state index < -0.39 is 17.1 Å². The summed E-state index contributed by atoms with van der Waals surface area (Å²) in [7, 11) is 0. The zero-order valence-corrected chi connectivity index (χ0v) is 31.4. The van der Waals surface area contributed by atoms with E-state index in [1.54, 1.807) is 66.7 Å². The third-order valence-electron chi connectivity index (χ3n) is 7.70. The Morgan fingerprint density at radius 2 is 1.51 bits per heavy atom. The van der Waals surface area contributed by atoms with Crippen LogP contribution >= 0.6 is 46.3 Å². The Morgan fingerprint density at radius 3 is 2.21 bits per heavy atom. The van der Waals surface area contributed by atoms with Crippen LogP contribution in [-0.4, -0.2) is 29.3 Å². The van der Waals surface area contributed by atoms with Gasteiger partial charge in [0.05, 0.1) is 12.3 Å². The number of benzene rings is 5. The Labute approximate surface area is 325 Å². The molecule has 0 fully saturated rings. The highest BCUT2D eigenvalue weighted by Gasteiger charge is 2.24. The molecule has 5 aromatic carbocycles. The number of thioether (sulfide) groups is 1. The Bertz CT molecular complexity index is 2230. The molecular weight excluding hydrogens is 748 g/mol. The fourth-order valence-electron chi connectivity index (χ4n) is 5.14. The molecule has 6 aromatic rings. The average Bonchev–Trinajstić information content (AvgIpc) is 3.64. The molecule has 0 aliphatic rings. The van der Waals surface area contributed by atoms with Crippen molar-refractivity contribution >= 4 is 80.9 Å². The third-order valence-corrected chi connectivity index (χ3v) is 10.4. The average molecular weight is 780 g/mol. The number of thiazole rings is 1. The molecule has 0 radical (unpaired) electrons. The Balaban J connectivity index is 1.21. The molecule has 8 nitrogen and oxygen atoms in total. The van der Waals surface area contributed by atoms with E-state index in [1.165, 1.54) is 29.2 Å². The van der Waals surface area contributed by atoms with Gasteiger partial charge in [0.15, 0.2) is 5.13 Å². The number of ether oxygens (including phenoxy) is 1. The maximum absolute atomic E-state index is 13.9. The standard InChI is InChI=1S/C41H32Cl2N4O4S2/c1-2-51-30-21-19-26(20-22-30)36-25-52-41(46-36)47-40(50)37(27-11-5-3-6-12-27)53-31-16-9-15-29(23-31)44-39(49)35(24-32-33(42)17-10-18-34(32)43)45-38(48)28-13-7-4-8-14-28/h3-25,37H,2H2,1H3,(H,44,49)(H,45,48)(H,46,47,50)/b35-24+. The minimum absolute atomic E-state index is 0.0681. The summed E-state index contributed by atoms with van der Waals surface area (Å²) in [6.07, 6.45) is 1.44. The van der Waals surface area contributed by atoms with Crippen molar-refractivity contribution in [3.05, 3.63) is 165 Å². The van der Waals surface area contributed by atoms with E-state index >= 15 is 0 Å². The number of hydrogen-bond acceptors (Lipinski definition) is 7. The van der Waals surface area contributed by atoms with Crippen molar-refractivity contribution in [2.45, 2.75) is 17.1 Å². The van der Waals surface area contributed by atoms with Crippen LogP contribution in [0.15, 0.2) is 143 Å². The lowest BCUT2D eigenvalue weighted by atomic mass is 10.1. The van der Waals surface area contributed by atoms with Gasteiger partial charge in [-0.05, 0) is 85.3 Å². The number of nitrogens with zero attached hydrogens (tertiary/aromatic N) is 1. The normalized spacial score (nSPS) is 11.7. The maximum atomic E-state index is 13.9. The molecule has 266 valence electrons. The van der Waals surface area contributed by atoms with E-state index in [2.05, 4.69) is 20.9 Å². The van der Waals surface area contributed by atoms with Gasteiger partial charge in [-0.2, -0.15) is 0 Å². The number of aromatic nitrogens is 1. The molecule has 3 amide bonds. The second-order valence-corrected chi connectivity index (χ2v) is 14.2. The lowest BCUT2D eigenvalue weighted by molar-refractivity contribution is -0.116. The highest BCUT2D eigenvalue weighted by atomic mass is 35.5. The summed E-state index contributed by atoms with van der Waals surface area (Å²) < 4.78 is 5.54. The monoisotopic (exact) mass is 778 g/mol. The van der Waals surface area contributed by atoms with Crippen molar-refractivity contribution in [1.82, 2.24) is 10.3 Å². The lowest BCUT2D eigenvalue weighted by Gasteiger charge is -2.17. The van der Waals surface area contributed by atoms with Crippen LogP contribution in [0.25, 0.3) is 17.3 Å². The van der Waals surface area contributed by atoms with E-state index in [1.807, 2.05) is 73.0 Å². The summed E-state index contributed by atoms with van der Waals surface area (Å²) in [5.74, 6) is -0.561. The Kier molecular flexibility index (Phi) is 12.6. The molecule has 1 heterocycles. The number of halogens is 2. The summed E-state index contributed by atoms with van der Waals surface area (Å²) in [6, 6.07) is 37.7. The first kappa shape index (κ1) is 37.4. The summed E-state index contributed by atoms with van der Waals surface area (Å²) in [4.78, 5) is 46.1. The van der Waals surface area contributed by atoms with E-state index in [9.17, 15) is 14.4 Å². The Hall–Kier alpha value is -5.39. The molecular formula is C41H32Cl2N4O4S2. The van der Waals surface area contributed by atoms with Gasteiger partial charge in [0.1, 0.15) is 16.7 Å². The van der Waals surface area contributed by atoms with Crippen LogP contribution in [0.5, 0.6) is 5.75 Å². The maximum Gasteiger partial charge on any atom is 0.272 e. The van der Waals surface area contributed by atoms with Gasteiger partial charge < -0.3 is 20.7 Å². The summed E-state index contributed by atoms with van der Waals surface area (Å²) in [5, 5.41) is 10.9. The molecule has 6 rings (SSSR count). The van der Waals surface area contributed by atoms with Crippen LogP contribution in [0.1, 0.15) is 33.7 Å². The number of rotatable bonds is 13. The van der Waals surface area contributed by atoms with Gasteiger partial charge in [-0.1, -0.05) is 83.9 Å². The van der Waals surface area contributed by atoms with E-state index in [-0.39, 0.29) is 11.6 Å². The topological polar surface area (TPSA) is 109 Å². The Morgan fingerprint density at radius 1 is 0.830 bits per heavy atom. The molecule has 1 atom stereocenters. The quantitative estimate of drug-likeness (QED) is 0.0796. The van der Waals surface area contributed by atoms with E-state index in [4.69, 9.17) is 27.9 Å². The second kappa shape index (κ2) is 17.9. The molecule has 0 aliphatic heterocycles. The van der Waals surface area contributed by atoms with Gasteiger partial charge in [0.25, 0.3) is 11.8 Å². The van der Waals surface area contributed by atoms with E-state index in [0.717, 1.165) is 22.6 Å². The SMILES string of the molecule is CCOc1ccc(-c2csc(NC(=O)C(Sc3cccc(NC(=O)/C(=C\c4c(Cl)cccc4Cl)NC(=O)c4ccccc4)c3)c3ccccc3)n2)cc1. The minimum atomic E-state index is -0.650. The minimum Gasteiger partial charge on any atom is -0.494 e. The number of anilines is 2. The highest BCUT2D eigenvalue weighted by Crippen LogP contribution is 2.38. The number of amides is 3. The third kappa shape index (κ3) is 9.94.